The minimum atomic E-state index is 0.730. The van der Waals surface area contributed by atoms with Crippen LogP contribution in [0.25, 0.3) is 22.6 Å². The summed E-state index contributed by atoms with van der Waals surface area (Å²) in [6.45, 7) is 2.59. The first-order chi connectivity index (χ1) is 14.3. The Morgan fingerprint density at radius 3 is 2.76 bits per heavy atom. The molecular formula is C22H19ClN6. The van der Waals surface area contributed by atoms with Crippen molar-refractivity contribution in [3.8, 4) is 22.6 Å². The summed E-state index contributed by atoms with van der Waals surface area (Å²) >= 11 is 6.02. The van der Waals surface area contributed by atoms with Gasteiger partial charge in [0.15, 0.2) is 5.82 Å². The summed E-state index contributed by atoms with van der Waals surface area (Å²) in [7, 11) is 0. The monoisotopic (exact) mass is 402 g/mol. The summed E-state index contributed by atoms with van der Waals surface area (Å²) in [6, 6.07) is 11.7. The van der Waals surface area contributed by atoms with Gasteiger partial charge < -0.3 is 0 Å². The van der Waals surface area contributed by atoms with Crippen LogP contribution in [0.5, 0.6) is 0 Å². The fraction of sp³-hybridized carbons (Fsp3) is 0.182. The highest BCUT2D eigenvalue weighted by Gasteiger charge is 2.20. The van der Waals surface area contributed by atoms with Gasteiger partial charge in [-0.15, -0.1) is 0 Å². The highest BCUT2D eigenvalue weighted by Crippen LogP contribution is 2.26. The van der Waals surface area contributed by atoms with Gasteiger partial charge in [-0.05, 0) is 29.8 Å². The summed E-state index contributed by atoms with van der Waals surface area (Å²) in [5.41, 5.74) is 6.55. The van der Waals surface area contributed by atoms with Crippen LogP contribution in [0.4, 0.5) is 0 Å². The van der Waals surface area contributed by atoms with Crippen LogP contribution in [0.1, 0.15) is 16.8 Å². The van der Waals surface area contributed by atoms with Crippen molar-refractivity contribution in [3.05, 3.63) is 83.0 Å². The molecule has 29 heavy (non-hydrogen) atoms. The largest absolute Gasteiger partial charge is 0.294 e. The summed E-state index contributed by atoms with van der Waals surface area (Å²) in [4.78, 5) is 15.9. The zero-order chi connectivity index (χ0) is 19.6. The maximum atomic E-state index is 6.02. The predicted molar refractivity (Wildman–Crippen MR) is 112 cm³/mol. The van der Waals surface area contributed by atoms with Gasteiger partial charge in [0, 0.05) is 66.4 Å². The third-order valence-corrected chi connectivity index (χ3v) is 5.43. The molecule has 4 heterocycles. The molecule has 0 aliphatic carbocycles. The van der Waals surface area contributed by atoms with E-state index in [0.29, 0.717) is 0 Å². The Labute approximate surface area is 173 Å². The number of nitrogens with one attached hydrogen (secondary N) is 1. The van der Waals surface area contributed by atoms with Crippen LogP contribution in [0.15, 0.2) is 61.2 Å². The van der Waals surface area contributed by atoms with Gasteiger partial charge >= 0.3 is 0 Å². The molecule has 0 spiro atoms. The van der Waals surface area contributed by atoms with Crippen molar-refractivity contribution in [2.75, 3.05) is 6.54 Å². The number of pyridine rings is 1. The van der Waals surface area contributed by atoms with Crippen LogP contribution in [0.3, 0.4) is 0 Å². The Hall–Kier alpha value is -3.09. The molecule has 144 valence electrons. The van der Waals surface area contributed by atoms with Gasteiger partial charge in [0.25, 0.3) is 0 Å². The lowest BCUT2D eigenvalue weighted by Gasteiger charge is -2.28. The minimum Gasteiger partial charge on any atom is -0.294 e. The third-order valence-electron chi connectivity index (χ3n) is 5.18. The summed E-state index contributed by atoms with van der Waals surface area (Å²) in [5, 5.41) is 8.12. The Balaban J connectivity index is 1.34. The minimum absolute atomic E-state index is 0.730. The SMILES string of the molecule is Clc1ccc(-c2[nH]ncc2CN2CCc3nc(-c4cccnc4)ncc3C2)cc1. The molecule has 1 aromatic carbocycles. The number of benzene rings is 1. The molecule has 1 aliphatic heterocycles. The average molecular weight is 403 g/mol. The normalized spacial score (nSPS) is 14.0. The van der Waals surface area contributed by atoms with Crippen LogP contribution in [-0.2, 0) is 19.5 Å². The fourth-order valence-corrected chi connectivity index (χ4v) is 3.81. The highest BCUT2D eigenvalue weighted by molar-refractivity contribution is 6.30. The number of H-pyrrole nitrogens is 1. The number of aromatic nitrogens is 5. The molecule has 0 saturated heterocycles. The molecule has 0 unspecified atom stereocenters. The molecule has 7 heteroatoms. The van der Waals surface area contributed by atoms with E-state index in [-0.39, 0.29) is 0 Å². The van der Waals surface area contributed by atoms with Crippen molar-refractivity contribution in [2.24, 2.45) is 0 Å². The van der Waals surface area contributed by atoms with Gasteiger partial charge in [-0.3, -0.25) is 15.0 Å². The molecule has 0 radical (unpaired) electrons. The Morgan fingerprint density at radius 2 is 1.93 bits per heavy atom. The van der Waals surface area contributed by atoms with Crippen LogP contribution in [0, 0.1) is 0 Å². The Kier molecular flexibility index (Phi) is 4.79. The van der Waals surface area contributed by atoms with Gasteiger partial charge in [-0.25, -0.2) is 9.97 Å². The molecule has 6 nitrogen and oxygen atoms in total. The number of halogens is 1. The number of hydrogen-bond acceptors (Lipinski definition) is 5. The zero-order valence-corrected chi connectivity index (χ0v) is 16.5. The number of fused-ring (bicyclic) bond motifs is 1. The number of aromatic amines is 1. The van der Waals surface area contributed by atoms with Crippen molar-refractivity contribution >= 4 is 11.6 Å². The lowest BCUT2D eigenvalue weighted by atomic mass is 10.0. The number of hydrogen-bond donors (Lipinski definition) is 1. The van der Waals surface area contributed by atoms with Gasteiger partial charge in [0.2, 0.25) is 0 Å². The number of rotatable bonds is 4. The first-order valence-electron chi connectivity index (χ1n) is 9.52. The predicted octanol–water partition coefficient (Wildman–Crippen LogP) is 4.14. The smallest absolute Gasteiger partial charge is 0.160 e. The van der Waals surface area contributed by atoms with Crippen LogP contribution in [-0.4, -0.2) is 36.6 Å². The van der Waals surface area contributed by atoms with E-state index in [1.54, 1.807) is 12.4 Å². The van der Waals surface area contributed by atoms with Gasteiger partial charge in [-0.2, -0.15) is 5.10 Å². The van der Waals surface area contributed by atoms with Gasteiger partial charge in [0.05, 0.1) is 17.6 Å². The lowest BCUT2D eigenvalue weighted by Crippen LogP contribution is -2.31. The molecule has 4 aromatic rings. The summed E-state index contributed by atoms with van der Waals surface area (Å²) in [5.74, 6) is 0.741. The van der Waals surface area contributed by atoms with Crippen molar-refractivity contribution in [1.82, 2.24) is 30.0 Å². The summed E-state index contributed by atoms with van der Waals surface area (Å²) in [6.07, 6.45) is 8.31. The van der Waals surface area contributed by atoms with Crippen molar-refractivity contribution < 1.29 is 0 Å². The van der Waals surface area contributed by atoms with Crippen LogP contribution in [0.2, 0.25) is 5.02 Å². The maximum absolute atomic E-state index is 6.02. The van der Waals surface area contributed by atoms with E-state index >= 15 is 0 Å². The number of nitrogens with zero attached hydrogens (tertiary/aromatic N) is 5. The van der Waals surface area contributed by atoms with Crippen molar-refractivity contribution in [1.29, 1.82) is 0 Å². The third kappa shape index (κ3) is 3.77. The molecule has 1 N–H and O–H groups in total. The van der Waals surface area contributed by atoms with Gasteiger partial charge in [0.1, 0.15) is 0 Å². The van der Waals surface area contributed by atoms with E-state index in [4.69, 9.17) is 16.6 Å². The first-order valence-corrected chi connectivity index (χ1v) is 9.90. The molecule has 0 fully saturated rings. The fourth-order valence-electron chi connectivity index (χ4n) is 3.68. The Morgan fingerprint density at radius 1 is 1.03 bits per heavy atom. The molecule has 0 atom stereocenters. The van der Waals surface area contributed by atoms with Crippen LogP contribution < -0.4 is 0 Å². The maximum Gasteiger partial charge on any atom is 0.160 e. The van der Waals surface area contributed by atoms with E-state index in [1.165, 1.54) is 11.1 Å². The first kappa shape index (κ1) is 18.0. The highest BCUT2D eigenvalue weighted by atomic mass is 35.5. The van der Waals surface area contributed by atoms with E-state index < -0.39 is 0 Å². The van der Waals surface area contributed by atoms with Gasteiger partial charge in [-0.1, -0.05) is 23.7 Å². The second-order valence-corrected chi connectivity index (χ2v) is 7.58. The van der Waals surface area contributed by atoms with E-state index in [9.17, 15) is 0 Å². The van der Waals surface area contributed by atoms with E-state index in [2.05, 4.69) is 25.1 Å². The van der Waals surface area contributed by atoms with Crippen LogP contribution >= 0.6 is 11.6 Å². The van der Waals surface area contributed by atoms with Crippen molar-refractivity contribution in [2.45, 2.75) is 19.5 Å². The molecule has 0 amide bonds. The van der Waals surface area contributed by atoms with Crippen molar-refractivity contribution in [3.63, 3.8) is 0 Å². The zero-order valence-electron chi connectivity index (χ0n) is 15.7. The lowest BCUT2D eigenvalue weighted by molar-refractivity contribution is 0.243. The molecular weight excluding hydrogens is 384 g/mol. The quantitative estimate of drug-likeness (QED) is 0.555. The molecule has 1 aliphatic rings. The van der Waals surface area contributed by atoms with E-state index in [0.717, 1.165) is 59.4 Å². The van der Waals surface area contributed by atoms with E-state index in [1.807, 2.05) is 48.8 Å². The molecule has 5 rings (SSSR count). The summed E-state index contributed by atoms with van der Waals surface area (Å²) < 4.78 is 0. The molecule has 3 aromatic heterocycles. The second-order valence-electron chi connectivity index (χ2n) is 7.15. The second kappa shape index (κ2) is 7.73. The topological polar surface area (TPSA) is 70.6 Å². The molecule has 0 saturated carbocycles. The molecule has 0 bridgehead atoms. The standard InChI is InChI=1S/C22H19ClN6/c23-19-5-3-15(4-6-19)21-18(12-26-28-21)14-29-9-7-20-17(13-29)11-25-22(27-20)16-2-1-8-24-10-16/h1-6,8,10-12H,7,9,13-14H2,(H,26,28). The Bertz CT molecular complexity index is 1120. The average Bonchev–Trinajstić information content (AvgIpc) is 3.22.